The van der Waals surface area contributed by atoms with E-state index in [0.29, 0.717) is 25.2 Å². The second-order valence-corrected chi connectivity index (χ2v) is 9.70. The van der Waals surface area contributed by atoms with Crippen molar-refractivity contribution in [3.8, 4) is 0 Å². The van der Waals surface area contributed by atoms with Crippen molar-refractivity contribution >= 4 is 19.9 Å². The van der Waals surface area contributed by atoms with Crippen LogP contribution in [0.15, 0.2) is 11.1 Å². The Morgan fingerprint density at radius 2 is 2.10 bits per heavy atom. The number of aromatic amines is 1. The predicted molar refractivity (Wildman–Crippen MR) is 79.2 cm³/mol. The lowest BCUT2D eigenvalue weighted by Gasteiger charge is -2.31. The molecule has 7 nitrogen and oxygen atoms in total. The molecule has 1 aromatic heterocycles. The van der Waals surface area contributed by atoms with Gasteiger partial charge in [-0.15, -0.1) is 0 Å². The number of aromatic nitrogens is 2. The van der Waals surface area contributed by atoms with Crippen LogP contribution in [0.4, 0.5) is 0 Å². The summed E-state index contributed by atoms with van der Waals surface area (Å²) < 4.78 is 48.7. The number of rotatable bonds is 5. The third-order valence-electron chi connectivity index (χ3n) is 3.81. The van der Waals surface area contributed by atoms with Crippen molar-refractivity contribution in [3.63, 3.8) is 0 Å². The van der Waals surface area contributed by atoms with Crippen LogP contribution in [-0.2, 0) is 26.3 Å². The summed E-state index contributed by atoms with van der Waals surface area (Å²) in [6.45, 7) is 2.63. The molecule has 0 saturated carbocycles. The number of nitrogens with one attached hydrogen (secondary N) is 1. The normalized spacial score (nSPS) is 21.5. The molecule has 1 N–H and O–H groups in total. The Hall–Kier alpha value is -0.930. The van der Waals surface area contributed by atoms with E-state index in [1.807, 2.05) is 0 Å². The first-order valence-electron chi connectivity index (χ1n) is 6.94. The Balaban J connectivity index is 2.13. The van der Waals surface area contributed by atoms with Crippen LogP contribution in [0.25, 0.3) is 0 Å². The van der Waals surface area contributed by atoms with Crippen LogP contribution in [-0.4, -0.2) is 56.4 Å². The summed E-state index contributed by atoms with van der Waals surface area (Å²) in [7, 11) is -6.50. The highest BCUT2D eigenvalue weighted by Gasteiger charge is 2.29. The summed E-state index contributed by atoms with van der Waals surface area (Å²) in [6, 6.07) is 0. The Morgan fingerprint density at radius 1 is 1.38 bits per heavy atom. The maximum atomic E-state index is 11.9. The third-order valence-corrected chi connectivity index (χ3v) is 6.81. The van der Waals surface area contributed by atoms with E-state index in [9.17, 15) is 16.8 Å². The van der Waals surface area contributed by atoms with E-state index < -0.39 is 19.9 Å². The van der Waals surface area contributed by atoms with Crippen LogP contribution >= 0.6 is 0 Å². The average molecular weight is 335 g/mol. The van der Waals surface area contributed by atoms with Crippen LogP contribution in [0.2, 0.25) is 0 Å². The Bertz CT molecular complexity index is 694. The van der Waals surface area contributed by atoms with Crippen molar-refractivity contribution in [1.82, 2.24) is 14.5 Å². The first-order chi connectivity index (χ1) is 9.74. The molecule has 2 heterocycles. The summed E-state index contributed by atoms with van der Waals surface area (Å²) in [5, 5.41) is 6.53. The maximum Gasteiger partial charge on any atom is 0.213 e. The van der Waals surface area contributed by atoms with Gasteiger partial charge in [0.1, 0.15) is 4.90 Å². The number of sulfone groups is 1. The van der Waals surface area contributed by atoms with Crippen molar-refractivity contribution in [2.75, 3.05) is 25.1 Å². The van der Waals surface area contributed by atoms with Gasteiger partial charge < -0.3 is 0 Å². The van der Waals surface area contributed by atoms with Gasteiger partial charge in [-0.25, -0.2) is 21.1 Å². The Kier molecular flexibility index (Phi) is 4.74. The minimum Gasteiger partial charge on any atom is -0.281 e. The molecular weight excluding hydrogens is 314 g/mol. The molecule has 1 unspecified atom stereocenters. The van der Waals surface area contributed by atoms with E-state index in [1.54, 1.807) is 6.92 Å². The highest BCUT2D eigenvalue weighted by molar-refractivity contribution is 7.90. The zero-order valence-corrected chi connectivity index (χ0v) is 13.9. The molecule has 120 valence electrons. The molecule has 1 atom stereocenters. The van der Waals surface area contributed by atoms with Crippen molar-refractivity contribution in [3.05, 3.63) is 11.9 Å². The van der Waals surface area contributed by atoms with Gasteiger partial charge in [-0.2, -0.15) is 5.10 Å². The lowest BCUT2D eigenvalue weighted by Crippen LogP contribution is -2.41. The summed E-state index contributed by atoms with van der Waals surface area (Å²) in [5.41, 5.74) is 0.568. The molecule has 1 aliphatic heterocycles. The van der Waals surface area contributed by atoms with Gasteiger partial charge in [0.05, 0.1) is 17.6 Å². The molecule has 0 aliphatic carbocycles. The summed E-state index contributed by atoms with van der Waals surface area (Å²) in [4.78, 5) is 0.206. The lowest BCUT2D eigenvalue weighted by atomic mass is 9.95. The number of hydrogen-bond acceptors (Lipinski definition) is 5. The highest BCUT2D eigenvalue weighted by Crippen LogP contribution is 2.24. The summed E-state index contributed by atoms with van der Waals surface area (Å²) in [5.74, 6) is 0.208. The minimum absolute atomic E-state index is 0.0956. The fraction of sp³-hybridized carbons (Fsp3) is 0.750. The third kappa shape index (κ3) is 3.83. The lowest BCUT2D eigenvalue weighted by molar-refractivity contribution is 0.263. The molecular formula is C12H21N3O4S2. The van der Waals surface area contributed by atoms with Crippen LogP contribution in [0.1, 0.15) is 25.5 Å². The van der Waals surface area contributed by atoms with Gasteiger partial charge in [-0.05, 0) is 32.1 Å². The molecule has 0 amide bonds. The molecule has 0 bridgehead atoms. The minimum atomic E-state index is -3.31. The van der Waals surface area contributed by atoms with E-state index >= 15 is 0 Å². The second-order valence-electron chi connectivity index (χ2n) is 5.46. The fourth-order valence-electron chi connectivity index (χ4n) is 2.68. The fourth-order valence-corrected chi connectivity index (χ4v) is 4.72. The summed E-state index contributed by atoms with van der Waals surface area (Å²) >= 11 is 0. The number of piperidine rings is 1. The van der Waals surface area contributed by atoms with Gasteiger partial charge in [0.25, 0.3) is 0 Å². The summed E-state index contributed by atoms with van der Waals surface area (Å²) in [6.07, 6.45) is 4.65. The standard InChI is InChI=1S/C12H21N3O4S2/c1-3-21(18,19)15-6-4-5-10(9-15)7-11-12(8-13-14-11)20(2,16)17/h8,10H,3-7,9H2,1-2H3,(H,13,14). The van der Waals surface area contributed by atoms with E-state index in [2.05, 4.69) is 10.2 Å². The Labute approximate surface area is 125 Å². The molecule has 1 aromatic rings. The molecule has 9 heteroatoms. The van der Waals surface area contributed by atoms with E-state index in [1.165, 1.54) is 10.5 Å². The molecule has 1 saturated heterocycles. The molecule has 1 fully saturated rings. The zero-order valence-electron chi connectivity index (χ0n) is 12.2. The van der Waals surface area contributed by atoms with Gasteiger partial charge in [-0.1, -0.05) is 0 Å². The van der Waals surface area contributed by atoms with Gasteiger partial charge in [-0.3, -0.25) is 5.10 Å². The number of nitrogens with zero attached hydrogens (tertiary/aromatic N) is 2. The molecule has 21 heavy (non-hydrogen) atoms. The molecule has 0 radical (unpaired) electrons. The zero-order chi connectivity index (χ0) is 15.7. The molecule has 1 aliphatic rings. The predicted octanol–water partition coefficient (Wildman–Crippen LogP) is 0.417. The maximum absolute atomic E-state index is 11.9. The van der Waals surface area contributed by atoms with Crippen LogP contribution in [0.5, 0.6) is 0 Å². The van der Waals surface area contributed by atoms with Crippen molar-refractivity contribution in [2.45, 2.75) is 31.1 Å². The van der Waals surface area contributed by atoms with E-state index in [0.717, 1.165) is 19.1 Å². The van der Waals surface area contributed by atoms with Crippen molar-refractivity contribution in [1.29, 1.82) is 0 Å². The quantitative estimate of drug-likeness (QED) is 0.840. The van der Waals surface area contributed by atoms with Gasteiger partial charge in [0, 0.05) is 19.3 Å². The first kappa shape index (κ1) is 16.4. The van der Waals surface area contributed by atoms with Crippen molar-refractivity contribution < 1.29 is 16.8 Å². The van der Waals surface area contributed by atoms with Crippen LogP contribution in [0, 0.1) is 5.92 Å². The van der Waals surface area contributed by atoms with Gasteiger partial charge in [0.2, 0.25) is 10.0 Å². The number of sulfonamides is 1. The average Bonchev–Trinajstić information content (AvgIpc) is 2.87. The molecule has 0 spiro atoms. The highest BCUT2D eigenvalue weighted by atomic mass is 32.2. The Morgan fingerprint density at radius 3 is 2.71 bits per heavy atom. The number of hydrogen-bond donors (Lipinski definition) is 1. The van der Waals surface area contributed by atoms with Gasteiger partial charge >= 0.3 is 0 Å². The molecule has 2 rings (SSSR count). The van der Waals surface area contributed by atoms with E-state index in [-0.39, 0.29) is 16.6 Å². The monoisotopic (exact) mass is 335 g/mol. The number of H-pyrrole nitrogens is 1. The van der Waals surface area contributed by atoms with Crippen LogP contribution < -0.4 is 0 Å². The first-order valence-corrected chi connectivity index (χ1v) is 10.4. The molecule has 0 aromatic carbocycles. The van der Waals surface area contributed by atoms with Crippen molar-refractivity contribution in [2.24, 2.45) is 5.92 Å². The smallest absolute Gasteiger partial charge is 0.213 e. The topological polar surface area (TPSA) is 100 Å². The largest absolute Gasteiger partial charge is 0.281 e. The van der Waals surface area contributed by atoms with E-state index in [4.69, 9.17) is 0 Å². The second kappa shape index (κ2) is 6.05. The SMILES string of the molecule is CCS(=O)(=O)N1CCCC(Cc2[nH]ncc2S(C)(=O)=O)C1. The van der Waals surface area contributed by atoms with Gasteiger partial charge in [0.15, 0.2) is 9.84 Å². The van der Waals surface area contributed by atoms with Crippen LogP contribution in [0.3, 0.4) is 0 Å².